The first-order valence-electron chi connectivity index (χ1n) is 4.42. The van der Waals surface area contributed by atoms with E-state index in [-0.39, 0.29) is 5.38 Å². The van der Waals surface area contributed by atoms with Crippen LogP contribution in [0.4, 0.5) is 0 Å². The predicted molar refractivity (Wildman–Crippen MR) is 58.6 cm³/mol. The summed E-state index contributed by atoms with van der Waals surface area (Å²) in [5.74, 6) is 0.921. The number of nitrogens with zero attached hydrogens (tertiary/aromatic N) is 2. The van der Waals surface area contributed by atoms with E-state index >= 15 is 0 Å². The molecule has 2 aromatic heterocycles. The van der Waals surface area contributed by atoms with Crippen molar-refractivity contribution >= 4 is 27.5 Å². The number of aromatic nitrogens is 2. The Morgan fingerprint density at radius 3 is 3.00 bits per heavy atom. The lowest BCUT2D eigenvalue weighted by Gasteiger charge is -1.95. The summed E-state index contributed by atoms with van der Waals surface area (Å²) in [4.78, 5) is 4.17. The monoisotopic (exact) mass is 290 g/mol. The van der Waals surface area contributed by atoms with Gasteiger partial charge in [-0.15, -0.1) is 11.6 Å². The topological polar surface area (TPSA) is 52.1 Å². The van der Waals surface area contributed by atoms with Crippen LogP contribution in [0.5, 0.6) is 0 Å². The third-order valence-electron chi connectivity index (χ3n) is 1.89. The standard InChI is InChI=1S/C9H8BrClN2O2/c1-2-6(11)8-12-9(15-13-8)5-3-7(10)14-4-5/h3-4,6H,2H2,1H3. The Kier molecular flexibility index (Phi) is 3.11. The zero-order valence-electron chi connectivity index (χ0n) is 7.91. The molecule has 6 heteroatoms. The fourth-order valence-electron chi connectivity index (χ4n) is 1.08. The van der Waals surface area contributed by atoms with Crippen LogP contribution >= 0.6 is 27.5 Å². The number of alkyl halides is 1. The Hall–Kier alpha value is -0.810. The number of furan rings is 1. The normalized spacial score (nSPS) is 13.0. The van der Waals surface area contributed by atoms with Crippen LogP contribution in [-0.4, -0.2) is 10.1 Å². The first kappa shape index (κ1) is 10.7. The van der Waals surface area contributed by atoms with Gasteiger partial charge in [-0.2, -0.15) is 4.98 Å². The fourth-order valence-corrected chi connectivity index (χ4v) is 1.51. The van der Waals surface area contributed by atoms with Gasteiger partial charge >= 0.3 is 0 Å². The van der Waals surface area contributed by atoms with Crippen LogP contribution in [0.15, 0.2) is 25.9 Å². The summed E-state index contributed by atoms with van der Waals surface area (Å²) in [5, 5.41) is 3.59. The first-order chi connectivity index (χ1) is 7.20. The van der Waals surface area contributed by atoms with Gasteiger partial charge in [0.25, 0.3) is 5.89 Å². The van der Waals surface area contributed by atoms with Crippen LogP contribution in [-0.2, 0) is 0 Å². The smallest absolute Gasteiger partial charge is 0.261 e. The molecule has 15 heavy (non-hydrogen) atoms. The molecular formula is C9H8BrClN2O2. The van der Waals surface area contributed by atoms with Gasteiger partial charge in [-0.1, -0.05) is 12.1 Å². The summed E-state index contributed by atoms with van der Waals surface area (Å²) >= 11 is 9.18. The molecule has 4 nitrogen and oxygen atoms in total. The second-order valence-corrected chi connectivity index (χ2v) is 4.28. The van der Waals surface area contributed by atoms with Crippen LogP contribution in [0.1, 0.15) is 24.5 Å². The highest BCUT2D eigenvalue weighted by atomic mass is 79.9. The van der Waals surface area contributed by atoms with Gasteiger partial charge in [-0.05, 0) is 22.4 Å². The number of rotatable bonds is 3. The Balaban J connectivity index is 2.27. The fraction of sp³-hybridized carbons (Fsp3) is 0.333. The van der Waals surface area contributed by atoms with E-state index in [1.807, 2.05) is 6.92 Å². The maximum absolute atomic E-state index is 5.98. The molecule has 0 aliphatic heterocycles. The van der Waals surface area contributed by atoms with Crippen LogP contribution < -0.4 is 0 Å². The van der Waals surface area contributed by atoms with Crippen molar-refractivity contribution in [2.45, 2.75) is 18.7 Å². The largest absolute Gasteiger partial charge is 0.457 e. The van der Waals surface area contributed by atoms with Gasteiger partial charge in [-0.25, -0.2) is 0 Å². The van der Waals surface area contributed by atoms with Gasteiger partial charge in [0.05, 0.1) is 10.9 Å². The zero-order chi connectivity index (χ0) is 10.8. The van der Waals surface area contributed by atoms with Gasteiger partial charge in [0.1, 0.15) is 6.26 Å². The molecule has 80 valence electrons. The van der Waals surface area contributed by atoms with Crippen molar-refractivity contribution in [3.8, 4) is 11.5 Å². The van der Waals surface area contributed by atoms with E-state index in [9.17, 15) is 0 Å². The summed E-state index contributed by atoms with van der Waals surface area (Å²) < 4.78 is 10.8. The first-order valence-corrected chi connectivity index (χ1v) is 5.65. The van der Waals surface area contributed by atoms with Crippen LogP contribution in [0.3, 0.4) is 0 Å². The molecule has 0 radical (unpaired) electrons. The van der Waals surface area contributed by atoms with Crippen LogP contribution in [0.2, 0.25) is 0 Å². The lowest BCUT2D eigenvalue weighted by atomic mass is 10.3. The average Bonchev–Trinajstić information content (AvgIpc) is 2.84. The zero-order valence-corrected chi connectivity index (χ0v) is 10.2. The minimum absolute atomic E-state index is 0.210. The number of hydrogen-bond acceptors (Lipinski definition) is 4. The quantitative estimate of drug-likeness (QED) is 0.808. The molecule has 0 aliphatic carbocycles. The highest BCUT2D eigenvalue weighted by Gasteiger charge is 2.16. The van der Waals surface area contributed by atoms with Gasteiger partial charge in [0, 0.05) is 6.07 Å². The van der Waals surface area contributed by atoms with Crippen LogP contribution in [0.25, 0.3) is 11.5 Å². The van der Waals surface area contributed by atoms with E-state index in [1.54, 1.807) is 6.07 Å². The summed E-state index contributed by atoms with van der Waals surface area (Å²) in [5.41, 5.74) is 0.737. The van der Waals surface area contributed by atoms with Gasteiger partial charge in [0.15, 0.2) is 10.5 Å². The highest BCUT2D eigenvalue weighted by molar-refractivity contribution is 9.10. The molecule has 0 spiro atoms. The van der Waals surface area contributed by atoms with Crippen molar-refractivity contribution in [2.75, 3.05) is 0 Å². The van der Waals surface area contributed by atoms with Crippen LogP contribution in [0, 0.1) is 0 Å². The second kappa shape index (κ2) is 4.37. The molecule has 2 rings (SSSR count). The Morgan fingerprint density at radius 2 is 2.40 bits per heavy atom. The molecule has 0 amide bonds. The number of hydrogen-bond donors (Lipinski definition) is 0. The summed E-state index contributed by atoms with van der Waals surface area (Å²) in [6.45, 7) is 1.96. The van der Waals surface area contributed by atoms with Gasteiger partial charge < -0.3 is 8.94 Å². The minimum atomic E-state index is -0.210. The Morgan fingerprint density at radius 1 is 1.60 bits per heavy atom. The molecule has 0 aromatic carbocycles. The molecular weight excluding hydrogens is 283 g/mol. The summed E-state index contributed by atoms with van der Waals surface area (Å²) in [6.07, 6.45) is 2.30. The maximum atomic E-state index is 5.98. The molecule has 1 unspecified atom stereocenters. The summed E-state index contributed by atoms with van der Waals surface area (Å²) in [6, 6.07) is 1.76. The van der Waals surface area contributed by atoms with E-state index in [0.717, 1.165) is 12.0 Å². The molecule has 2 heterocycles. The van der Waals surface area contributed by atoms with Crippen molar-refractivity contribution < 1.29 is 8.94 Å². The predicted octanol–water partition coefficient (Wildman–Crippen LogP) is 3.78. The lowest BCUT2D eigenvalue weighted by molar-refractivity contribution is 0.420. The van der Waals surface area contributed by atoms with E-state index in [1.165, 1.54) is 6.26 Å². The number of halogens is 2. The van der Waals surface area contributed by atoms with Crippen molar-refractivity contribution in [3.63, 3.8) is 0 Å². The minimum Gasteiger partial charge on any atom is -0.457 e. The SMILES string of the molecule is CCC(Cl)c1noc(-c2coc(Br)c2)n1. The van der Waals surface area contributed by atoms with Crippen molar-refractivity contribution in [2.24, 2.45) is 0 Å². The molecule has 1 atom stereocenters. The maximum Gasteiger partial charge on any atom is 0.261 e. The lowest BCUT2D eigenvalue weighted by Crippen LogP contribution is -1.90. The average molecular weight is 292 g/mol. The molecule has 0 fully saturated rings. The second-order valence-electron chi connectivity index (χ2n) is 2.97. The molecule has 0 saturated heterocycles. The summed E-state index contributed by atoms with van der Waals surface area (Å²) in [7, 11) is 0. The molecule has 0 saturated carbocycles. The third-order valence-corrected chi connectivity index (χ3v) is 2.81. The van der Waals surface area contributed by atoms with Crippen molar-refractivity contribution in [1.29, 1.82) is 0 Å². The molecule has 2 aromatic rings. The highest BCUT2D eigenvalue weighted by Crippen LogP contribution is 2.26. The van der Waals surface area contributed by atoms with E-state index in [0.29, 0.717) is 16.4 Å². The Bertz CT molecular complexity index is 454. The van der Waals surface area contributed by atoms with E-state index in [2.05, 4.69) is 26.1 Å². The van der Waals surface area contributed by atoms with Gasteiger partial charge in [0.2, 0.25) is 0 Å². The molecule has 0 bridgehead atoms. The van der Waals surface area contributed by atoms with Gasteiger partial charge in [-0.3, -0.25) is 0 Å². The van der Waals surface area contributed by atoms with Crippen molar-refractivity contribution in [3.05, 3.63) is 22.8 Å². The molecule has 0 N–H and O–H groups in total. The van der Waals surface area contributed by atoms with Crippen molar-refractivity contribution in [1.82, 2.24) is 10.1 Å². The Labute approximate surface area is 99.7 Å². The molecule has 0 aliphatic rings. The van der Waals surface area contributed by atoms with E-state index in [4.69, 9.17) is 20.5 Å². The third kappa shape index (κ3) is 2.23. The van der Waals surface area contributed by atoms with E-state index < -0.39 is 0 Å².